The molecule has 20 heavy (non-hydrogen) atoms. The summed E-state index contributed by atoms with van der Waals surface area (Å²) >= 11 is 0. The third-order valence-electron chi connectivity index (χ3n) is 3.01. The van der Waals surface area contributed by atoms with Crippen LogP contribution in [0.25, 0.3) is 10.9 Å². The van der Waals surface area contributed by atoms with Crippen LogP contribution in [0.1, 0.15) is 5.56 Å². The summed E-state index contributed by atoms with van der Waals surface area (Å²) in [6, 6.07) is 16.7. The molecule has 0 radical (unpaired) electrons. The van der Waals surface area contributed by atoms with Crippen molar-refractivity contribution < 1.29 is 9.13 Å². The lowest BCUT2D eigenvalue weighted by Crippen LogP contribution is -2.01. The zero-order chi connectivity index (χ0) is 13.9. The summed E-state index contributed by atoms with van der Waals surface area (Å²) < 4.78 is 19.6. The van der Waals surface area contributed by atoms with Gasteiger partial charge in [-0.1, -0.05) is 42.5 Å². The average Bonchev–Trinajstić information content (AvgIpc) is 2.78. The number of fused-ring (bicyclic) bond motifs is 1. The molecule has 0 aliphatic heterocycles. The molecule has 0 aliphatic carbocycles. The zero-order valence-electron chi connectivity index (χ0n) is 10.8. The number of aromatic nitrogens is 2. The maximum absolute atomic E-state index is 12.9. The van der Waals surface area contributed by atoms with E-state index in [9.17, 15) is 4.39 Å². The van der Waals surface area contributed by atoms with E-state index >= 15 is 0 Å². The van der Waals surface area contributed by atoms with E-state index < -0.39 is 6.01 Å². The second-order valence-corrected chi connectivity index (χ2v) is 4.42. The third kappa shape index (κ3) is 2.40. The van der Waals surface area contributed by atoms with Gasteiger partial charge >= 0.3 is 0 Å². The van der Waals surface area contributed by atoms with Crippen molar-refractivity contribution >= 4 is 10.9 Å². The van der Waals surface area contributed by atoms with Gasteiger partial charge in [0.1, 0.15) is 0 Å². The molecule has 3 nitrogen and oxygen atoms in total. The Morgan fingerprint density at radius 1 is 1.10 bits per heavy atom. The summed E-state index contributed by atoms with van der Waals surface area (Å²) in [5.74, 6) is 0.240. The van der Waals surface area contributed by atoms with Crippen LogP contribution in [0.3, 0.4) is 0 Å². The molecular formula is C16H13FN2O. The zero-order valence-corrected chi connectivity index (χ0v) is 10.8. The Morgan fingerprint density at radius 2 is 1.80 bits per heavy atom. The second kappa shape index (κ2) is 5.17. The molecule has 0 unspecified atom stereocenters. The van der Waals surface area contributed by atoms with Crippen LogP contribution >= 0.6 is 0 Å². The lowest BCUT2D eigenvalue weighted by molar-refractivity contribution is 0.295. The Balaban J connectivity index is 2.04. The molecule has 100 valence electrons. The fourth-order valence-electron chi connectivity index (χ4n) is 2.15. The van der Waals surface area contributed by atoms with Gasteiger partial charge in [0.15, 0.2) is 0 Å². The van der Waals surface area contributed by atoms with E-state index in [2.05, 4.69) is 11.7 Å². The highest BCUT2D eigenvalue weighted by Gasteiger charge is 2.12. The molecule has 0 atom stereocenters. The molecular weight excluding hydrogens is 255 g/mol. The van der Waals surface area contributed by atoms with E-state index in [1.807, 2.05) is 54.6 Å². The fourth-order valence-corrected chi connectivity index (χ4v) is 2.15. The highest BCUT2D eigenvalue weighted by atomic mass is 19.1. The average molecular weight is 268 g/mol. The summed E-state index contributed by atoms with van der Waals surface area (Å²) in [6.45, 7) is 3.71. The fraction of sp³-hybridized carbons (Fsp3) is 0.0625. The number of benzene rings is 2. The van der Waals surface area contributed by atoms with Crippen LogP contribution in [0.4, 0.5) is 4.39 Å². The van der Waals surface area contributed by atoms with Crippen LogP contribution in [0, 0.1) is 0 Å². The lowest BCUT2D eigenvalue weighted by Gasteiger charge is -2.02. The number of nitrogens with zero attached hydrogens (tertiary/aromatic N) is 2. The van der Waals surface area contributed by atoms with Gasteiger partial charge in [-0.2, -0.15) is 4.39 Å². The van der Waals surface area contributed by atoms with Crippen molar-refractivity contribution in [3.8, 4) is 5.88 Å². The number of halogens is 1. The van der Waals surface area contributed by atoms with E-state index in [0.717, 1.165) is 16.5 Å². The smallest absolute Gasteiger partial charge is 0.272 e. The first kappa shape index (κ1) is 12.4. The quantitative estimate of drug-likeness (QED) is 0.671. The molecule has 0 N–H and O–H groups in total. The second-order valence-electron chi connectivity index (χ2n) is 4.42. The van der Waals surface area contributed by atoms with Gasteiger partial charge in [-0.05, 0) is 24.3 Å². The van der Waals surface area contributed by atoms with Gasteiger partial charge in [0, 0.05) is 0 Å². The molecule has 4 heteroatoms. The summed E-state index contributed by atoms with van der Waals surface area (Å²) in [7, 11) is 0. The predicted molar refractivity (Wildman–Crippen MR) is 76.2 cm³/mol. The molecule has 2 aromatic carbocycles. The topological polar surface area (TPSA) is 27.1 Å². The Labute approximate surface area is 115 Å². The summed E-state index contributed by atoms with van der Waals surface area (Å²) in [4.78, 5) is 0. The molecule has 1 aromatic heterocycles. The molecule has 3 aromatic rings. The van der Waals surface area contributed by atoms with Gasteiger partial charge in [-0.3, -0.25) is 4.68 Å². The van der Waals surface area contributed by atoms with Crippen molar-refractivity contribution in [3.63, 3.8) is 0 Å². The van der Waals surface area contributed by atoms with Crippen molar-refractivity contribution in [1.82, 2.24) is 9.78 Å². The van der Waals surface area contributed by atoms with Gasteiger partial charge in [-0.15, -0.1) is 5.10 Å². The highest BCUT2D eigenvalue weighted by molar-refractivity contribution is 5.84. The summed E-state index contributed by atoms with van der Waals surface area (Å²) in [5.41, 5.74) is 2.01. The van der Waals surface area contributed by atoms with Gasteiger partial charge in [0.05, 0.1) is 17.4 Å². The van der Waals surface area contributed by atoms with Crippen molar-refractivity contribution in [1.29, 1.82) is 0 Å². The first-order chi connectivity index (χ1) is 9.74. The highest BCUT2D eigenvalue weighted by Crippen LogP contribution is 2.26. The number of hydrogen-bond acceptors (Lipinski definition) is 2. The van der Waals surface area contributed by atoms with E-state index in [4.69, 9.17) is 4.74 Å². The Bertz CT molecular complexity index is 750. The lowest BCUT2D eigenvalue weighted by atomic mass is 10.2. The van der Waals surface area contributed by atoms with Crippen LogP contribution in [-0.2, 0) is 6.54 Å². The summed E-state index contributed by atoms with van der Waals surface area (Å²) in [5, 5.41) is 5.08. The van der Waals surface area contributed by atoms with E-state index in [0.29, 0.717) is 6.54 Å². The van der Waals surface area contributed by atoms with Crippen LogP contribution in [-0.4, -0.2) is 9.78 Å². The predicted octanol–water partition coefficient (Wildman–Crippen LogP) is 3.90. The maximum atomic E-state index is 12.9. The minimum absolute atomic E-state index is 0.240. The van der Waals surface area contributed by atoms with Crippen LogP contribution < -0.4 is 4.74 Å². The molecule has 1 heterocycles. The Hall–Kier alpha value is -2.62. The van der Waals surface area contributed by atoms with Crippen molar-refractivity contribution in [3.05, 3.63) is 72.8 Å². The third-order valence-corrected chi connectivity index (χ3v) is 3.01. The van der Waals surface area contributed by atoms with Gasteiger partial charge in [0.25, 0.3) is 6.01 Å². The monoisotopic (exact) mass is 268 g/mol. The molecule has 0 bridgehead atoms. The Kier molecular flexibility index (Phi) is 3.21. The van der Waals surface area contributed by atoms with Crippen molar-refractivity contribution in [2.24, 2.45) is 0 Å². The van der Waals surface area contributed by atoms with Crippen LogP contribution in [0.2, 0.25) is 0 Å². The minimum atomic E-state index is -0.861. The molecule has 3 rings (SSSR count). The standard InChI is InChI=1S/C16H13FN2O/c1-12(17)20-16-14-9-5-6-10-15(14)19(18-16)11-13-7-3-2-4-8-13/h2-10H,1,11H2. The Morgan fingerprint density at radius 3 is 2.55 bits per heavy atom. The SMILES string of the molecule is C=C(F)Oc1nn(Cc2ccccc2)c2ccccc12. The molecule has 0 fully saturated rings. The van der Waals surface area contributed by atoms with Gasteiger partial charge < -0.3 is 4.74 Å². The number of rotatable bonds is 4. The van der Waals surface area contributed by atoms with Crippen molar-refractivity contribution in [2.75, 3.05) is 0 Å². The largest absolute Gasteiger partial charge is 0.411 e. The molecule has 0 saturated carbocycles. The van der Waals surface area contributed by atoms with Crippen LogP contribution in [0.15, 0.2) is 67.2 Å². The number of ether oxygens (including phenoxy) is 1. The van der Waals surface area contributed by atoms with Gasteiger partial charge in [-0.25, -0.2) is 0 Å². The van der Waals surface area contributed by atoms with E-state index in [1.54, 1.807) is 4.68 Å². The molecule has 0 amide bonds. The van der Waals surface area contributed by atoms with Crippen LogP contribution in [0.5, 0.6) is 5.88 Å². The molecule has 0 saturated heterocycles. The normalized spacial score (nSPS) is 10.7. The molecule has 0 spiro atoms. The van der Waals surface area contributed by atoms with E-state index in [-0.39, 0.29) is 5.88 Å². The first-order valence-electron chi connectivity index (χ1n) is 6.26. The summed E-state index contributed by atoms with van der Waals surface area (Å²) in [6.07, 6.45) is 0. The number of hydrogen-bond donors (Lipinski definition) is 0. The maximum Gasteiger partial charge on any atom is 0.272 e. The van der Waals surface area contributed by atoms with E-state index in [1.165, 1.54) is 0 Å². The van der Waals surface area contributed by atoms with Crippen molar-refractivity contribution in [2.45, 2.75) is 6.54 Å². The molecule has 0 aliphatic rings. The first-order valence-corrected chi connectivity index (χ1v) is 6.26. The van der Waals surface area contributed by atoms with Gasteiger partial charge in [0.2, 0.25) is 5.88 Å². The number of para-hydroxylation sites is 1. The minimum Gasteiger partial charge on any atom is -0.411 e.